The summed E-state index contributed by atoms with van der Waals surface area (Å²) in [5, 5.41) is 6.71. The number of pyridine rings is 2. The molecule has 0 aliphatic carbocycles. The summed E-state index contributed by atoms with van der Waals surface area (Å²) in [6, 6.07) is 24.0. The Kier molecular flexibility index (Phi) is 9.21. The summed E-state index contributed by atoms with van der Waals surface area (Å²) in [6.07, 6.45) is 6.54. The van der Waals surface area contributed by atoms with Crippen LogP contribution in [0.25, 0.3) is 16.7 Å². The molecule has 10 heteroatoms. The molecular weight excluding hydrogens is 600 g/mol. The van der Waals surface area contributed by atoms with Crippen LogP contribution in [0.1, 0.15) is 42.6 Å². The summed E-state index contributed by atoms with van der Waals surface area (Å²) in [5.41, 5.74) is 5.10. The van der Waals surface area contributed by atoms with Gasteiger partial charge in [0.15, 0.2) is 0 Å². The van der Waals surface area contributed by atoms with Gasteiger partial charge in [0.2, 0.25) is 0 Å². The van der Waals surface area contributed by atoms with Crippen LogP contribution < -0.4 is 10.6 Å². The number of esters is 1. The van der Waals surface area contributed by atoms with Crippen molar-refractivity contribution >= 4 is 46.0 Å². The molecule has 2 aromatic carbocycles. The number of nitrogens with zero attached hydrogens (tertiary/aromatic N) is 4. The molecule has 232 valence electrons. The maximum atomic E-state index is 14.2. The number of hydrogen-bond donors (Lipinski definition) is 2. The number of amides is 1. The summed E-state index contributed by atoms with van der Waals surface area (Å²) in [7, 11) is 0. The van der Waals surface area contributed by atoms with Gasteiger partial charge >= 0.3 is 5.97 Å². The lowest BCUT2D eigenvalue weighted by Gasteiger charge is -2.32. The number of carbonyl (C=O) groups is 2. The largest absolute Gasteiger partial charge is 0.462 e. The third kappa shape index (κ3) is 6.41. The van der Waals surface area contributed by atoms with E-state index in [2.05, 4.69) is 30.2 Å². The first-order chi connectivity index (χ1) is 22.4. The van der Waals surface area contributed by atoms with Gasteiger partial charge in [0.1, 0.15) is 17.2 Å². The summed E-state index contributed by atoms with van der Waals surface area (Å²) < 4.78 is 8.03. The van der Waals surface area contributed by atoms with Gasteiger partial charge in [0.25, 0.3) is 5.91 Å². The number of fused-ring (bicyclic) bond motifs is 1. The van der Waals surface area contributed by atoms with E-state index in [4.69, 9.17) is 16.3 Å². The second-order valence-corrected chi connectivity index (χ2v) is 11.4. The quantitative estimate of drug-likeness (QED) is 0.128. The monoisotopic (exact) mass is 632 g/mol. The second-order valence-electron chi connectivity index (χ2n) is 11.0. The average molecular weight is 633 g/mol. The first-order valence-electron chi connectivity index (χ1n) is 15.1. The van der Waals surface area contributed by atoms with E-state index < -0.39 is 17.8 Å². The van der Waals surface area contributed by atoms with Crippen LogP contribution >= 0.6 is 11.6 Å². The fraction of sp³-hybridized carbons (Fsp3) is 0.194. The molecule has 0 bridgehead atoms. The summed E-state index contributed by atoms with van der Waals surface area (Å²) in [4.78, 5) is 41.1. The van der Waals surface area contributed by atoms with Crippen LogP contribution in [0.15, 0.2) is 114 Å². The highest BCUT2D eigenvalue weighted by Crippen LogP contribution is 2.43. The molecule has 0 radical (unpaired) electrons. The molecule has 0 saturated carbocycles. The van der Waals surface area contributed by atoms with Crippen LogP contribution in [-0.2, 0) is 20.9 Å². The van der Waals surface area contributed by atoms with Gasteiger partial charge in [-0.1, -0.05) is 66.2 Å². The molecule has 4 heterocycles. The maximum Gasteiger partial charge on any atom is 0.336 e. The van der Waals surface area contributed by atoms with Crippen molar-refractivity contribution in [2.24, 2.45) is 0 Å². The van der Waals surface area contributed by atoms with E-state index in [1.54, 1.807) is 42.9 Å². The van der Waals surface area contributed by atoms with Gasteiger partial charge in [-0.2, -0.15) is 0 Å². The number of ether oxygens (including phenoxy) is 1. The molecule has 9 nitrogen and oxygen atoms in total. The lowest BCUT2D eigenvalue weighted by atomic mass is 9.78. The molecule has 0 fully saturated rings. The Labute approximate surface area is 272 Å². The van der Waals surface area contributed by atoms with E-state index in [1.807, 2.05) is 68.4 Å². The highest BCUT2D eigenvalue weighted by Gasteiger charge is 2.39. The third-order valence-electron chi connectivity index (χ3n) is 7.96. The van der Waals surface area contributed by atoms with Crippen molar-refractivity contribution < 1.29 is 14.3 Å². The molecule has 1 aliphatic heterocycles. The fourth-order valence-corrected chi connectivity index (χ4v) is 6.06. The first kappa shape index (κ1) is 30.7. The van der Waals surface area contributed by atoms with E-state index in [0.29, 0.717) is 45.4 Å². The number of aromatic nitrogens is 4. The number of dihydropyridines is 1. The molecule has 2 N–H and O–H groups in total. The SMILES string of the molecule is CC1=C(C(=O)OCCCCn2c(C)nc3cnccc32)C(c2ccccc2Cl)C(C(=O)Nc2ccccn2)=C(c2ccccc2)N1. The molecular formula is C36H33ClN6O3. The topological polar surface area (TPSA) is 111 Å². The number of imidazole rings is 1. The van der Waals surface area contributed by atoms with E-state index in [1.165, 1.54) is 0 Å². The van der Waals surface area contributed by atoms with E-state index in [9.17, 15) is 9.59 Å². The van der Waals surface area contributed by atoms with Crippen molar-refractivity contribution in [1.82, 2.24) is 24.8 Å². The number of anilines is 1. The van der Waals surface area contributed by atoms with Gasteiger partial charge in [-0.3, -0.25) is 9.78 Å². The van der Waals surface area contributed by atoms with Gasteiger partial charge in [-0.15, -0.1) is 0 Å². The Balaban J connectivity index is 1.29. The zero-order valence-electron chi connectivity index (χ0n) is 25.5. The highest BCUT2D eigenvalue weighted by atomic mass is 35.5. The van der Waals surface area contributed by atoms with Crippen molar-refractivity contribution in [1.29, 1.82) is 0 Å². The number of allylic oxidation sites excluding steroid dienone is 1. The van der Waals surface area contributed by atoms with Crippen molar-refractivity contribution in [3.63, 3.8) is 0 Å². The number of aryl methyl sites for hydroxylation is 2. The van der Waals surface area contributed by atoms with Crippen LogP contribution in [0.2, 0.25) is 5.02 Å². The van der Waals surface area contributed by atoms with Crippen LogP contribution in [0, 0.1) is 6.92 Å². The minimum atomic E-state index is -0.810. The normalized spacial score (nSPS) is 14.7. The molecule has 5 aromatic rings. The zero-order chi connectivity index (χ0) is 32.0. The molecule has 0 saturated heterocycles. The number of halogens is 1. The predicted octanol–water partition coefficient (Wildman–Crippen LogP) is 6.82. The van der Waals surface area contributed by atoms with Crippen LogP contribution in [0.3, 0.4) is 0 Å². The van der Waals surface area contributed by atoms with E-state index >= 15 is 0 Å². The molecule has 1 amide bonds. The van der Waals surface area contributed by atoms with E-state index in [-0.39, 0.29) is 6.61 Å². The smallest absolute Gasteiger partial charge is 0.336 e. The minimum Gasteiger partial charge on any atom is -0.462 e. The molecule has 6 rings (SSSR count). The number of rotatable bonds is 10. The van der Waals surface area contributed by atoms with Gasteiger partial charge in [0.05, 0.1) is 41.1 Å². The van der Waals surface area contributed by atoms with Crippen molar-refractivity contribution in [3.05, 3.63) is 136 Å². The molecule has 46 heavy (non-hydrogen) atoms. The molecule has 1 atom stereocenters. The second kappa shape index (κ2) is 13.8. The number of benzene rings is 2. The van der Waals surface area contributed by atoms with Crippen molar-refractivity contribution in [3.8, 4) is 0 Å². The Morgan fingerprint density at radius 3 is 2.50 bits per heavy atom. The minimum absolute atomic E-state index is 0.211. The first-order valence-corrected chi connectivity index (χ1v) is 15.5. The van der Waals surface area contributed by atoms with Gasteiger partial charge in [-0.05, 0) is 62.1 Å². The molecule has 1 aliphatic rings. The lowest BCUT2D eigenvalue weighted by Crippen LogP contribution is -2.34. The maximum absolute atomic E-state index is 14.2. The summed E-state index contributed by atoms with van der Waals surface area (Å²) in [5.74, 6) is -0.437. The van der Waals surface area contributed by atoms with Gasteiger partial charge in [-0.25, -0.2) is 14.8 Å². The van der Waals surface area contributed by atoms with Gasteiger partial charge < -0.3 is 19.9 Å². The van der Waals surface area contributed by atoms with Gasteiger partial charge in [0, 0.05) is 29.7 Å². The highest BCUT2D eigenvalue weighted by molar-refractivity contribution is 6.31. The number of nitrogens with one attached hydrogen (secondary N) is 2. The van der Waals surface area contributed by atoms with Crippen molar-refractivity contribution in [2.45, 2.75) is 39.2 Å². The summed E-state index contributed by atoms with van der Waals surface area (Å²) in [6.45, 7) is 4.73. The van der Waals surface area contributed by atoms with Crippen LogP contribution in [-0.4, -0.2) is 38.0 Å². The van der Waals surface area contributed by atoms with E-state index in [0.717, 1.165) is 35.4 Å². The Hall–Kier alpha value is -5.28. The zero-order valence-corrected chi connectivity index (χ0v) is 26.3. The Morgan fingerprint density at radius 2 is 1.72 bits per heavy atom. The predicted molar refractivity (Wildman–Crippen MR) is 179 cm³/mol. The molecule has 0 spiro atoms. The Bertz CT molecular complexity index is 1950. The fourth-order valence-electron chi connectivity index (χ4n) is 5.81. The standard InChI is InChI=1S/C36H33ClN6O3/c1-23-31(36(45)46-21-11-10-20-43-24(2)41-28-22-38-19-17-29(28)43)32(26-14-6-7-15-27(26)37)33(34(40-23)25-12-4-3-5-13-25)35(44)42-30-16-8-9-18-39-30/h3-9,12-19,22,32,40H,10-11,20-21H2,1-2H3,(H,39,42,44). The molecule has 3 aromatic heterocycles. The number of unbranched alkanes of at least 4 members (excludes halogenated alkanes) is 1. The third-order valence-corrected chi connectivity index (χ3v) is 8.31. The number of hydrogen-bond acceptors (Lipinski definition) is 7. The van der Waals surface area contributed by atoms with Crippen molar-refractivity contribution in [2.75, 3.05) is 11.9 Å². The van der Waals surface area contributed by atoms with Crippen LogP contribution in [0.5, 0.6) is 0 Å². The number of carbonyl (C=O) groups excluding carboxylic acids is 2. The average Bonchev–Trinajstić information content (AvgIpc) is 3.39. The van der Waals surface area contributed by atoms with Crippen LogP contribution in [0.4, 0.5) is 5.82 Å². The summed E-state index contributed by atoms with van der Waals surface area (Å²) >= 11 is 6.77. The Morgan fingerprint density at radius 1 is 0.935 bits per heavy atom. The lowest BCUT2D eigenvalue weighted by molar-refractivity contribution is -0.139. The molecule has 1 unspecified atom stereocenters.